The molecule has 0 heterocycles. The predicted octanol–water partition coefficient (Wildman–Crippen LogP) is 2.05. The summed E-state index contributed by atoms with van der Waals surface area (Å²) >= 11 is 0. The molecule has 0 saturated carbocycles. The number of carbonyl (C=O) groups is 1. The number of rotatable bonds is 5. The lowest BCUT2D eigenvalue weighted by molar-refractivity contribution is -0.541. The summed E-state index contributed by atoms with van der Waals surface area (Å²) in [5, 5.41) is 10.7. The molecule has 4 heteroatoms. The van der Waals surface area contributed by atoms with Gasteiger partial charge in [-0.2, -0.15) is 0 Å². The van der Waals surface area contributed by atoms with Crippen molar-refractivity contribution in [2.45, 2.75) is 46.6 Å². The van der Waals surface area contributed by atoms with Crippen molar-refractivity contribution >= 4 is 5.78 Å². The van der Waals surface area contributed by atoms with Crippen LogP contribution in [0, 0.1) is 15.5 Å². The van der Waals surface area contributed by atoms with Crippen LogP contribution >= 0.6 is 0 Å². The van der Waals surface area contributed by atoms with E-state index in [4.69, 9.17) is 0 Å². The molecule has 13 heavy (non-hydrogen) atoms. The summed E-state index contributed by atoms with van der Waals surface area (Å²) in [6.07, 6.45) is 0.736. The van der Waals surface area contributed by atoms with Gasteiger partial charge in [-0.25, -0.2) is 0 Å². The van der Waals surface area contributed by atoms with Crippen LogP contribution in [-0.2, 0) is 4.79 Å². The van der Waals surface area contributed by atoms with Crippen LogP contribution in [0.1, 0.15) is 40.5 Å². The molecule has 76 valence electrons. The largest absolute Gasteiger partial charge is 0.300 e. The summed E-state index contributed by atoms with van der Waals surface area (Å²) in [4.78, 5) is 21.2. The van der Waals surface area contributed by atoms with Gasteiger partial charge in [0.1, 0.15) is 5.78 Å². The number of hydrogen-bond acceptors (Lipinski definition) is 3. The van der Waals surface area contributed by atoms with Crippen LogP contribution in [0.5, 0.6) is 0 Å². The quantitative estimate of drug-likeness (QED) is 0.489. The van der Waals surface area contributed by atoms with Gasteiger partial charge in [-0.1, -0.05) is 20.8 Å². The Morgan fingerprint density at radius 3 is 2.23 bits per heavy atom. The molecule has 0 aromatic heterocycles. The van der Waals surface area contributed by atoms with Crippen LogP contribution in [0.3, 0.4) is 0 Å². The molecule has 0 saturated heterocycles. The van der Waals surface area contributed by atoms with Gasteiger partial charge in [0, 0.05) is 23.2 Å². The zero-order valence-electron chi connectivity index (χ0n) is 8.66. The fraction of sp³-hybridized carbons (Fsp3) is 0.889. The Hall–Kier alpha value is -0.930. The smallest absolute Gasteiger partial charge is 0.218 e. The van der Waals surface area contributed by atoms with E-state index in [1.165, 1.54) is 6.92 Å². The number of hydrogen-bond donors (Lipinski definition) is 0. The highest BCUT2D eigenvalue weighted by Crippen LogP contribution is 2.29. The molecule has 4 nitrogen and oxygen atoms in total. The van der Waals surface area contributed by atoms with E-state index in [0.717, 1.165) is 0 Å². The van der Waals surface area contributed by atoms with Gasteiger partial charge in [0.15, 0.2) is 0 Å². The fourth-order valence-corrected chi connectivity index (χ4v) is 1.75. The van der Waals surface area contributed by atoms with Gasteiger partial charge in [-0.05, 0) is 6.92 Å². The predicted molar refractivity (Wildman–Crippen MR) is 50.2 cm³/mol. The number of Topliss-reactive ketones (excluding diaryl/α,β-unsaturated/α-hetero) is 1. The van der Waals surface area contributed by atoms with Gasteiger partial charge < -0.3 is 4.79 Å². The summed E-state index contributed by atoms with van der Waals surface area (Å²) in [6, 6.07) is -0.628. The zero-order valence-corrected chi connectivity index (χ0v) is 8.66. The summed E-state index contributed by atoms with van der Waals surface area (Å²) in [7, 11) is 0. The van der Waals surface area contributed by atoms with Crippen LogP contribution in [0.15, 0.2) is 0 Å². The van der Waals surface area contributed by atoms with Gasteiger partial charge >= 0.3 is 0 Å². The molecule has 0 spiro atoms. The molecular formula is C9H17NO3. The van der Waals surface area contributed by atoms with Crippen molar-refractivity contribution in [2.75, 3.05) is 0 Å². The average molecular weight is 187 g/mol. The van der Waals surface area contributed by atoms with Crippen molar-refractivity contribution in [2.24, 2.45) is 5.41 Å². The summed E-state index contributed by atoms with van der Waals surface area (Å²) in [5.74, 6) is 0.00491. The monoisotopic (exact) mass is 187 g/mol. The van der Waals surface area contributed by atoms with Crippen molar-refractivity contribution in [3.8, 4) is 0 Å². The fourth-order valence-electron chi connectivity index (χ4n) is 1.75. The minimum Gasteiger partial charge on any atom is -0.300 e. The number of nitrogens with zero attached hydrogens (tertiary/aromatic N) is 1. The number of nitro groups is 1. The maximum absolute atomic E-state index is 10.9. The molecule has 0 rings (SSSR count). The Morgan fingerprint density at radius 1 is 1.54 bits per heavy atom. The van der Waals surface area contributed by atoms with Crippen molar-refractivity contribution in [1.82, 2.24) is 0 Å². The van der Waals surface area contributed by atoms with Gasteiger partial charge in [0.25, 0.3) is 0 Å². The molecule has 0 N–H and O–H groups in total. The first kappa shape index (κ1) is 12.1. The maximum Gasteiger partial charge on any atom is 0.218 e. The lowest BCUT2D eigenvalue weighted by atomic mass is 9.79. The molecule has 0 amide bonds. The number of ketones is 1. The first-order chi connectivity index (χ1) is 5.81. The van der Waals surface area contributed by atoms with E-state index < -0.39 is 11.5 Å². The summed E-state index contributed by atoms with van der Waals surface area (Å²) in [5.41, 5.74) is -0.538. The Kier molecular flexibility index (Phi) is 4.04. The highest BCUT2D eigenvalue weighted by atomic mass is 16.6. The molecule has 0 aliphatic rings. The van der Waals surface area contributed by atoms with Gasteiger partial charge in [0.2, 0.25) is 6.04 Å². The topological polar surface area (TPSA) is 60.2 Å². The normalized spacial score (nSPS) is 13.8. The third kappa shape index (κ3) is 3.53. The van der Waals surface area contributed by atoms with E-state index in [1.807, 2.05) is 0 Å². The molecule has 0 aromatic rings. The Bertz CT molecular complexity index is 211. The second-order valence-corrected chi connectivity index (χ2v) is 4.08. The van der Waals surface area contributed by atoms with Crippen LogP contribution in [0.25, 0.3) is 0 Å². The van der Waals surface area contributed by atoms with Crippen LogP contribution in [0.4, 0.5) is 0 Å². The van der Waals surface area contributed by atoms with E-state index >= 15 is 0 Å². The SMILES string of the molecule is CCC([N+](=O)[O-])C(C)(C)CC(C)=O. The minimum absolute atomic E-state index is 0.00491. The molecule has 1 atom stereocenters. The lowest BCUT2D eigenvalue weighted by Gasteiger charge is -2.25. The highest BCUT2D eigenvalue weighted by molar-refractivity contribution is 5.76. The Balaban J connectivity index is 4.56. The number of carbonyl (C=O) groups excluding carboxylic acids is 1. The van der Waals surface area contributed by atoms with E-state index in [-0.39, 0.29) is 17.1 Å². The highest BCUT2D eigenvalue weighted by Gasteiger charge is 2.38. The van der Waals surface area contributed by atoms with Crippen LogP contribution in [0.2, 0.25) is 0 Å². The van der Waals surface area contributed by atoms with Crippen LogP contribution < -0.4 is 0 Å². The molecular weight excluding hydrogens is 170 g/mol. The van der Waals surface area contributed by atoms with Crippen molar-refractivity contribution in [1.29, 1.82) is 0 Å². The zero-order chi connectivity index (χ0) is 10.6. The van der Waals surface area contributed by atoms with E-state index in [9.17, 15) is 14.9 Å². The molecule has 0 bridgehead atoms. The van der Waals surface area contributed by atoms with Gasteiger partial charge in [-0.15, -0.1) is 0 Å². The van der Waals surface area contributed by atoms with Crippen molar-refractivity contribution < 1.29 is 9.72 Å². The average Bonchev–Trinajstić information content (AvgIpc) is 1.82. The lowest BCUT2D eigenvalue weighted by Crippen LogP contribution is -2.37. The van der Waals surface area contributed by atoms with Crippen LogP contribution in [-0.4, -0.2) is 16.7 Å². The third-order valence-electron chi connectivity index (χ3n) is 2.25. The summed E-state index contributed by atoms with van der Waals surface area (Å²) < 4.78 is 0. The minimum atomic E-state index is -0.628. The maximum atomic E-state index is 10.9. The third-order valence-corrected chi connectivity index (χ3v) is 2.25. The molecule has 1 unspecified atom stereocenters. The van der Waals surface area contributed by atoms with Crippen molar-refractivity contribution in [3.63, 3.8) is 0 Å². The molecule has 0 aromatic carbocycles. The molecule has 0 radical (unpaired) electrons. The second-order valence-electron chi connectivity index (χ2n) is 4.08. The van der Waals surface area contributed by atoms with E-state index in [2.05, 4.69) is 0 Å². The first-order valence-corrected chi connectivity index (χ1v) is 4.44. The van der Waals surface area contributed by atoms with Crippen molar-refractivity contribution in [3.05, 3.63) is 10.1 Å². The van der Waals surface area contributed by atoms with E-state index in [0.29, 0.717) is 6.42 Å². The van der Waals surface area contributed by atoms with E-state index in [1.54, 1.807) is 20.8 Å². The standard InChI is InChI=1S/C9H17NO3/c1-5-8(10(12)13)9(3,4)6-7(2)11/h8H,5-6H2,1-4H3. The second kappa shape index (κ2) is 4.35. The molecule has 0 aliphatic carbocycles. The molecule has 0 aliphatic heterocycles. The summed E-state index contributed by atoms with van der Waals surface area (Å²) in [6.45, 7) is 6.78. The first-order valence-electron chi connectivity index (χ1n) is 4.44. The Labute approximate surface area is 78.5 Å². The van der Waals surface area contributed by atoms with Gasteiger partial charge in [0.05, 0.1) is 0 Å². The Morgan fingerprint density at radius 2 is 2.00 bits per heavy atom. The molecule has 0 fully saturated rings. The van der Waals surface area contributed by atoms with Gasteiger partial charge in [-0.3, -0.25) is 10.1 Å².